The summed E-state index contributed by atoms with van der Waals surface area (Å²) in [7, 11) is 0. The molecule has 0 radical (unpaired) electrons. The highest BCUT2D eigenvalue weighted by Gasteiger charge is 2.17. The molecule has 0 unspecified atom stereocenters. The van der Waals surface area contributed by atoms with Crippen molar-refractivity contribution >= 4 is 40.0 Å². The number of ether oxygens (including phenoxy) is 2. The Morgan fingerprint density at radius 3 is 2.62 bits per heavy atom. The Balaban J connectivity index is 1.58. The predicted molar refractivity (Wildman–Crippen MR) is 131 cm³/mol. The van der Waals surface area contributed by atoms with Crippen molar-refractivity contribution in [3.8, 4) is 17.2 Å². The van der Waals surface area contributed by atoms with Gasteiger partial charge in [0.05, 0.1) is 6.21 Å². The number of phenolic OH excluding ortho intramolecular Hbond substituents is 1. The summed E-state index contributed by atoms with van der Waals surface area (Å²) in [6, 6.07) is 17.1. The number of aromatic hydroxyl groups is 1. The first kappa shape index (κ1) is 23.1. The Kier molecular flexibility index (Phi) is 6.93. The number of carbonyl (C=O) groups excluding carboxylic acids is 2. The van der Waals surface area contributed by atoms with Crippen molar-refractivity contribution in [3.05, 3.63) is 93.1 Å². The molecule has 3 N–H and O–H groups in total. The normalized spacial score (nSPS) is 12.6. The molecule has 0 saturated heterocycles. The maximum atomic E-state index is 12.9. The van der Waals surface area contributed by atoms with Gasteiger partial charge in [-0.1, -0.05) is 40.2 Å². The van der Waals surface area contributed by atoms with Crippen LogP contribution >= 0.6 is 15.9 Å². The number of hydrogen-bond acceptors (Lipinski definition) is 6. The van der Waals surface area contributed by atoms with Gasteiger partial charge < -0.3 is 19.9 Å². The van der Waals surface area contributed by atoms with E-state index >= 15 is 0 Å². The van der Waals surface area contributed by atoms with Crippen molar-refractivity contribution < 1.29 is 24.2 Å². The number of fused-ring (bicyclic) bond motifs is 1. The minimum absolute atomic E-state index is 0.0282. The van der Waals surface area contributed by atoms with E-state index in [2.05, 4.69) is 31.8 Å². The van der Waals surface area contributed by atoms with Gasteiger partial charge >= 0.3 is 0 Å². The van der Waals surface area contributed by atoms with Crippen LogP contribution in [-0.4, -0.2) is 29.9 Å². The summed E-state index contributed by atoms with van der Waals surface area (Å²) in [4.78, 5) is 25.6. The molecule has 34 heavy (non-hydrogen) atoms. The highest BCUT2D eigenvalue weighted by atomic mass is 79.9. The lowest BCUT2D eigenvalue weighted by molar-refractivity contribution is -0.117. The molecule has 8 nitrogen and oxygen atoms in total. The number of phenols is 1. The van der Waals surface area contributed by atoms with Crippen molar-refractivity contribution in [2.45, 2.75) is 6.92 Å². The molecule has 172 valence electrons. The highest BCUT2D eigenvalue weighted by Crippen LogP contribution is 2.33. The van der Waals surface area contributed by atoms with Gasteiger partial charge in [0.1, 0.15) is 11.4 Å². The fourth-order valence-corrected chi connectivity index (χ4v) is 3.78. The van der Waals surface area contributed by atoms with Crippen LogP contribution in [0.4, 0.5) is 0 Å². The maximum Gasteiger partial charge on any atom is 0.287 e. The fraction of sp³-hybridized carbons (Fsp3) is 0.0800. The molecule has 9 heteroatoms. The lowest BCUT2D eigenvalue weighted by Crippen LogP contribution is -2.32. The molecule has 0 atom stereocenters. The molecule has 0 fully saturated rings. The molecule has 0 spiro atoms. The summed E-state index contributed by atoms with van der Waals surface area (Å²) in [5.41, 5.74) is 4.45. The number of hydrogen-bond donors (Lipinski definition) is 3. The molecule has 1 aliphatic heterocycles. The first-order valence-electron chi connectivity index (χ1n) is 10.2. The molecule has 3 aromatic carbocycles. The summed E-state index contributed by atoms with van der Waals surface area (Å²) in [6.45, 7) is 1.87. The van der Waals surface area contributed by atoms with Gasteiger partial charge in [-0.25, -0.2) is 5.43 Å². The number of amides is 2. The first-order valence-corrected chi connectivity index (χ1v) is 11.0. The monoisotopic (exact) mass is 521 g/mol. The average Bonchev–Trinajstić information content (AvgIpc) is 3.30. The van der Waals surface area contributed by atoms with Gasteiger partial charge in [0.2, 0.25) is 6.79 Å². The standard InChI is InChI=1S/C25H20BrN3O5/c1-15-9-19(26)12-18(23(15)30)13-27-29-25(32)20(28-24(31)17-5-3-2-4-6-17)10-16-7-8-21-22(11-16)34-14-33-21/h2-13,30H,14H2,1H3,(H,28,31)(H,29,32)/b20-10+,27-13+. The lowest BCUT2D eigenvalue weighted by Gasteiger charge is -2.10. The summed E-state index contributed by atoms with van der Waals surface area (Å²) in [6.07, 6.45) is 2.83. The molecular weight excluding hydrogens is 502 g/mol. The Hall–Kier alpha value is -4.11. The van der Waals surface area contributed by atoms with E-state index in [1.165, 1.54) is 12.3 Å². The molecule has 2 amide bonds. The number of rotatable bonds is 6. The van der Waals surface area contributed by atoms with E-state index in [-0.39, 0.29) is 18.2 Å². The van der Waals surface area contributed by atoms with Crippen LogP contribution in [0.1, 0.15) is 27.0 Å². The maximum absolute atomic E-state index is 12.9. The number of halogens is 1. The molecule has 0 saturated carbocycles. The Morgan fingerprint density at radius 2 is 1.82 bits per heavy atom. The van der Waals surface area contributed by atoms with Crippen LogP contribution in [0.5, 0.6) is 17.2 Å². The Morgan fingerprint density at radius 1 is 1.06 bits per heavy atom. The Bertz CT molecular complexity index is 1310. The van der Waals surface area contributed by atoms with E-state index in [0.29, 0.717) is 33.8 Å². The first-order chi connectivity index (χ1) is 16.4. The minimum Gasteiger partial charge on any atom is -0.507 e. The molecule has 3 aromatic rings. The van der Waals surface area contributed by atoms with E-state index in [9.17, 15) is 14.7 Å². The fourth-order valence-electron chi connectivity index (χ4n) is 3.19. The van der Waals surface area contributed by atoms with Crippen LogP contribution in [0, 0.1) is 6.92 Å². The van der Waals surface area contributed by atoms with Gasteiger partial charge in [-0.3, -0.25) is 9.59 Å². The third-order valence-electron chi connectivity index (χ3n) is 4.90. The van der Waals surface area contributed by atoms with Crippen LogP contribution in [0.15, 0.2) is 75.9 Å². The zero-order valence-electron chi connectivity index (χ0n) is 18.0. The minimum atomic E-state index is -0.649. The smallest absolute Gasteiger partial charge is 0.287 e. The average molecular weight is 522 g/mol. The molecule has 1 aliphatic rings. The second kappa shape index (κ2) is 10.2. The van der Waals surface area contributed by atoms with Crippen LogP contribution in [0.25, 0.3) is 6.08 Å². The van der Waals surface area contributed by atoms with Crippen LogP contribution < -0.4 is 20.2 Å². The summed E-state index contributed by atoms with van der Waals surface area (Å²) in [5.74, 6) is 0.0951. The number of hydrazone groups is 1. The van der Waals surface area contributed by atoms with E-state index in [4.69, 9.17) is 9.47 Å². The third-order valence-corrected chi connectivity index (χ3v) is 5.36. The van der Waals surface area contributed by atoms with Crippen LogP contribution in [0.3, 0.4) is 0 Å². The molecule has 0 aliphatic carbocycles. The van der Waals surface area contributed by atoms with Crippen molar-refractivity contribution in [2.75, 3.05) is 6.79 Å². The summed E-state index contributed by atoms with van der Waals surface area (Å²) in [5, 5.41) is 16.8. The van der Waals surface area contributed by atoms with Crippen molar-refractivity contribution in [1.82, 2.24) is 10.7 Å². The molecule has 1 heterocycles. The van der Waals surface area contributed by atoms with E-state index < -0.39 is 11.8 Å². The largest absolute Gasteiger partial charge is 0.507 e. The predicted octanol–water partition coefficient (Wildman–Crippen LogP) is 4.11. The number of nitrogens with one attached hydrogen (secondary N) is 2. The Labute approximate surface area is 204 Å². The van der Waals surface area contributed by atoms with Gasteiger partial charge in [0.25, 0.3) is 11.8 Å². The molecule has 0 aromatic heterocycles. The van der Waals surface area contributed by atoms with Crippen molar-refractivity contribution in [1.29, 1.82) is 0 Å². The van der Waals surface area contributed by atoms with Gasteiger partial charge in [-0.05, 0) is 60.5 Å². The topological polar surface area (TPSA) is 109 Å². The van der Waals surface area contributed by atoms with Crippen molar-refractivity contribution in [2.24, 2.45) is 5.10 Å². The number of aryl methyl sites for hydroxylation is 1. The van der Waals surface area contributed by atoms with Gasteiger partial charge in [-0.2, -0.15) is 5.10 Å². The zero-order valence-corrected chi connectivity index (χ0v) is 19.6. The van der Waals surface area contributed by atoms with E-state index in [1.54, 1.807) is 67.6 Å². The van der Waals surface area contributed by atoms with Crippen LogP contribution in [0.2, 0.25) is 0 Å². The number of benzene rings is 3. The van der Waals surface area contributed by atoms with E-state index in [0.717, 1.165) is 4.47 Å². The second-order valence-corrected chi connectivity index (χ2v) is 8.27. The van der Waals surface area contributed by atoms with Gasteiger partial charge in [-0.15, -0.1) is 0 Å². The molecular formula is C25H20BrN3O5. The van der Waals surface area contributed by atoms with Crippen LogP contribution in [-0.2, 0) is 4.79 Å². The highest BCUT2D eigenvalue weighted by molar-refractivity contribution is 9.10. The molecule has 4 rings (SSSR count). The van der Waals surface area contributed by atoms with Gasteiger partial charge in [0.15, 0.2) is 11.5 Å². The molecule has 0 bridgehead atoms. The number of nitrogens with zero attached hydrogens (tertiary/aromatic N) is 1. The second-order valence-electron chi connectivity index (χ2n) is 7.35. The summed E-state index contributed by atoms with van der Waals surface area (Å²) < 4.78 is 11.5. The zero-order chi connectivity index (χ0) is 24.1. The third kappa shape index (κ3) is 5.44. The van der Waals surface area contributed by atoms with Gasteiger partial charge in [0, 0.05) is 15.6 Å². The van der Waals surface area contributed by atoms with Crippen molar-refractivity contribution in [3.63, 3.8) is 0 Å². The lowest BCUT2D eigenvalue weighted by atomic mass is 10.1. The number of carbonyl (C=O) groups is 2. The van der Waals surface area contributed by atoms with E-state index in [1.807, 2.05) is 0 Å². The quantitative estimate of drug-likeness (QED) is 0.257. The SMILES string of the molecule is Cc1cc(Br)cc(/C=N/NC(=O)/C(=C\c2ccc3c(c2)OCO3)NC(=O)c2ccccc2)c1O. The summed E-state index contributed by atoms with van der Waals surface area (Å²) >= 11 is 3.36.